The zero-order chi connectivity index (χ0) is 23.9. The Labute approximate surface area is 195 Å². The van der Waals surface area contributed by atoms with Crippen molar-refractivity contribution < 1.29 is 23.0 Å². The molecule has 1 fully saturated rings. The van der Waals surface area contributed by atoms with Crippen LogP contribution in [-0.2, 0) is 27.4 Å². The molecule has 0 amide bonds. The molecule has 1 aliphatic rings. The Kier molecular flexibility index (Phi) is 7.73. The summed E-state index contributed by atoms with van der Waals surface area (Å²) in [6, 6.07) is 19.1. The van der Waals surface area contributed by atoms with Crippen molar-refractivity contribution in [1.82, 2.24) is 9.97 Å². The van der Waals surface area contributed by atoms with Crippen molar-refractivity contribution >= 4 is 11.9 Å². The molecule has 10 heteroatoms. The number of rotatable bonds is 9. The van der Waals surface area contributed by atoms with Crippen LogP contribution < -0.4 is 5.73 Å². The van der Waals surface area contributed by atoms with E-state index >= 15 is 4.39 Å². The maximum absolute atomic E-state index is 15.5. The zero-order valence-electron chi connectivity index (χ0n) is 18.2. The van der Waals surface area contributed by atoms with E-state index in [4.69, 9.17) is 25.4 Å². The highest BCUT2D eigenvalue weighted by atomic mass is 19.1. The Morgan fingerprint density at radius 2 is 1.74 bits per heavy atom. The quantitative estimate of drug-likeness (QED) is 0.251. The van der Waals surface area contributed by atoms with Gasteiger partial charge in [-0.1, -0.05) is 60.7 Å². The molecule has 8 nitrogen and oxygen atoms in total. The summed E-state index contributed by atoms with van der Waals surface area (Å²) < 4.78 is 46.1. The third-order valence-corrected chi connectivity index (χ3v) is 5.31. The number of nitrogens with zero attached hydrogens (tertiary/aromatic N) is 2. The predicted molar refractivity (Wildman–Crippen MR) is 122 cm³/mol. The first-order valence-electron chi connectivity index (χ1n) is 10.7. The minimum atomic E-state index is -1.54. The molecule has 4 atom stereocenters. The lowest BCUT2D eigenvalue weighted by molar-refractivity contribution is -0.0740. The summed E-state index contributed by atoms with van der Waals surface area (Å²) in [6.45, 7) is 0.674. The van der Waals surface area contributed by atoms with Gasteiger partial charge in [0.2, 0.25) is 0 Å². The predicted octanol–water partition coefficient (Wildman–Crippen LogP) is 3.60. The first-order valence-corrected chi connectivity index (χ1v) is 10.7. The number of aromatic nitrogens is 2. The third-order valence-electron chi connectivity index (χ3n) is 5.31. The Morgan fingerprint density at radius 1 is 1.09 bits per heavy atom. The lowest BCUT2D eigenvalue weighted by Gasteiger charge is -2.20. The summed E-state index contributed by atoms with van der Waals surface area (Å²) >= 11 is 0. The molecule has 0 unspecified atom stereocenters. The van der Waals surface area contributed by atoms with Crippen LogP contribution in [-0.4, -0.2) is 46.9 Å². The minimum absolute atomic E-state index is 0.0584. The van der Waals surface area contributed by atoms with E-state index in [2.05, 4.69) is 15.0 Å². The number of nitrogens with two attached hydrogens (primary N) is 1. The normalized spacial score (nSPS) is 22.7. The number of halogens is 2. The van der Waals surface area contributed by atoms with Crippen LogP contribution in [0.4, 0.5) is 8.78 Å². The number of ether oxygens (including phenoxy) is 3. The van der Waals surface area contributed by atoms with E-state index in [0.29, 0.717) is 6.61 Å². The highest BCUT2D eigenvalue weighted by molar-refractivity contribution is 5.99. The van der Waals surface area contributed by atoms with E-state index in [1.54, 1.807) is 0 Å². The molecule has 1 aromatic heterocycles. The summed E-state index contributed by atoms with van der Waals surface area (Å²) in [4.78, 5) is 9.93. The van der Waals surface area contributed by atoms with E-state index in [1.165, 1.54) is 6.20 Å². The molecule has 178 valence electrons. The number of H-pyrrole nitrogens is 1. The standard InChI is InChI=1S/C24H25F2N5O3/c25-19-20(17-11-29-23(30-17)22(27)31-24(26)28)34-18(14-32-12-15-7-3-1-4-8-15)21(19)33-13-16-9-5-2-6-10-16/h1-11,18-21H,12-14H2,(H,29,30)(H3,27,28,31)/t18-,19+,20+,21-/m1/s1. The lowest BCUT2D eigenvalue weighted by atomic mass is 10.1. The fourth-order valence-corrected chi connectivity index (χ4v) is 3.69. The molecule has 4 rings (SSSR count). The second-order valence-electron chi connectivity index (χ2n) is 7.77. The number of hydrogen-bond acceptors (Lipinski definition) is 5. The molecular formula is C24H25F2N5O3. The molecule has 0 bridgehead atoms. The highest BCUT2D eigenvalue weighted by Crippen LogP contribution is 2.37. The van der Waals surface area contributed by atoms with E-state index in [-0.39, 0.29) is 24.7 Å². The summed E-state index contributed by atoms with van der Waals surface area (Å²) in [5, 5.41) is 7.73. The molecule has 0 saturated carbocycles. The van der Waals surface area contributed by atoms with Crippen molar-refractivity contribution in [2.45, 2.75) is 37.7 Å². The van der Waals surface area contributed by atoms with Crippen LogP contribution >= 0.6 is 0 Å². The van der Waals surface area contributed by atoms with Gasteiger partial charge in [-0.05, 0) is 11.1 Å². The van der Waals surface area contributed by atoms with E-state index in [0.717, 1.165) is 11.1 Å². The Bertz CT molecular complexity index is 1110. The maximum Gasteiger partial charge on any atom is 0.281 e. The highest BCUT2D eigenvalue weighted by Gasteiger charge is 2.47. The minimum Gasteiger partial charge on any atom is -0.374 e. The first-order chi connectivity index (χ1) is 16.5. The number of alkyl halides is 1. The number of imidazole rings is 1. The Morgan fingerprint density at radius 3 is 2.38 bits per heavy atom. The van der Waals surface area contributed by atoms with Gasteiger partial charge in [0.25, 0.3) is 6.09 Å². The van der Waals surface area contributed by atoms with Crippen LogP contribution in [0.3, 0.4) is 0 Å². The van der Waals surface area contributed by atoms with E-state index in [1.807, 2.05) is 60.7 Å². The van der Waals surface area contributed by atoms with Crippen LogP contribution in [0.15, 0.2) is 71.9 Å². The molecule has 3 aromatic rings. The van der Waals surface area contributed by atoms with Gasteiger partial charge in [-0.15, -0.1) is 0 Å². The molecule has 1 aliphatic heterocycles. The number of amidine groups is 2. The van der Waals surface area contributed by atoms with Crippen LogP contribution in [0.2, 0.25) is 0 Å². The molecule has 0 aliphatic carbocycles. The molecule has 1 saturated heterocycles. The van der Waals surface area contributed by atoms with Crippen molar-refractivity contribution in [3.8, 4) is 0 Å². The summed E-state index contributed by atoms with van der Waals surface area (Å²) in [7, 11) is 0. The lowest BCUT2D eigenvalue weighted by Crippen LogP contribution is -2.34. The van der Waals surface area contributed by atoms with Crippen molar-refractivity contribution in [1.29, 1.82) is 5.41 Å². The molecule has 0 radical (unpaired) electrons. The van der Waals surface area contributed by atoms with Gasteiger partial charge in [-0.25, -0.2) is 9.37 Å². The van der Waals surface area contributed by atoms with Crippen molar-refractivity contribution in [3.05, 3.63) is 89.5 Å². The largest absolute Gasteiger partial charge is 0.374 e. The van der Waals surface area contributed by atoms with Gasteiger partial charge in [0, 0.05) is 0 Å². The second kappa shape index (κ2) is 11.1. The summed E-state index contributed by atoms with van der Waals surface area (Å²) in [5.74, 6) is -0.573. The number of nitrogens with one attached hydrogen (secondary N) is 2. The smallest absolute Gasteiger partial charge is 0.281 e. The Balaban J connectivity index is 1.46. The fraction of sp³-hybridized carbons (Fsp3) is 0.292. The summed E-state index contributed by atoms with van der Waals surface area (Å²) in [5.41, 5.74) is 7.04. The number of aromatic amines is 1. The van der Waals surface area contributed by atoms with Gasteiger partial charge in [0.1, 0.15) is 18.3 Å². The van der Waals surface area contributed by atoms with Gasteiger partial charge >= 0.3 is 0 Å². The number of aliphatic imine (C=N–C) groups is 1. The average Bonchev–Trinajstić information content (AvgIpc) is 3.44. The van der Waals surface area contributed by atoms with Crippen LogP contribution in [0.5, 0.6) is 0 Å². The fourth-order valence-electron chi connectivity index (χ4n) is 3.69. The molecule has 34 heavy (non-hydrogen) atoms. The van der Waals surface area contributed by atoms with Crippen LogP contribution in [0.25, 0.3) is 0 Å². The van der Waals surface area contributed by atoms with Crippen molar-refractivity contribution in [2.75, 3.05) is 6.61 Å². The maximum atomic E-state index is 15.5. The molecular weight excluding hydrogens is 444 g/mol. The zero-order valence-corrected chi connectivity index (χ0v) is 18.2. The van der Waals surface area contributed by atoms with Gasteiger partial charge in [-0.3, -0.25) is 5.41 Å². The Hall–Kier alpha value is -3.47. The second-order valence-corrected chi connectivity index (χ2v) is 7.77. The van der Waals surface area contributed by atoms with Gasteiger partial charge in [0.05, 0.1) is 31.7 Å². The number of hydrogen-bond donors (Lipinski definition) is 3. The first kappa shape index (κ1) is 23.7. The summed E-state index contributed by atoms with van der Waals surface area (Å²) in [6.07, 6.45) is -4.09. The van der Waals surface area contributed by atoms with E-state index < -0.39 is 36.4 Å². The SMILES string of the molecule is N=C(N=C(N)F)c1ncc([C@@H]2O[C@H](COCc3ccccc3)[C@@H](OCc3ccccc3)[C@H]2F)[nH]1. The van der Waals surface area contributed by atoms with Gasteiger partial charge in [-0.2, -0.15) is 9.38 Å². The average molecular weight is 469 g/mol. The van der Waals surface area contributed by atoms with E-state index in [9.17, 15) is 4.39 Å². The molecule has 4 N–H and O–H groups in total. The molecule has 2 aromatic carbocycles. The monoisotopic (exact) mass is 469 g/mol. The van der Waals surface area contributed by atoms with Crippen LogP contribution in [0.1, 0.15) is 28.7 Å². The third kappa shape index (κ3) is 5.90. The molecule has 0 spiro atoms. The van der Waals surface area contributed by atoms with Gasteiger partial charge in [0.15, 0.2) is 17.8 Å². The topological polar surface area (TPSA) is 119 Å². The number of benzene rings is 2. The molecule has 2 heterocycles. The van der Waals surface area contributed by atoms with Crippen molar-refractivity contribution in [3.63, 3.8) is 0 Å². The van der Waals surface area contributed by atoms with Crippen LogP contribution in [0, 0.1) is 5.41 Å². The van der Waals surface area contributed by atoms with Gasteiger partial charge < -0.3 is 24.9 Å². The van der Waals surface area contributed by atoms with Crippen molar-refractivity contribution in [2.24, 2.45) is 10.7 Å².